The van der Waals surface area contributed by atoms with Gasteiger partial charge in [0.1, 0.15) is 0 Å². The summed E-state index contributed by atoms with van der Waals surface area (Å²) >= 11 is 0. The SMILES string of the molecule is Cc1cccc(Oc2ccc(N)cn2)c1[N+](=O)[O-]. The van der Waals surface area contributed by atoms with Crippen molar-refractivity contribution < 1.29 is 9.66 Å². The van der Waals surface area contributed by atoms with Crippen LogP contribution in [0.4, 0.5) is 11.4 Å². The summed E-state index contributed by atoms with van der Waals surface area (Å²) in [4.78, 5) is 14.4. The third-order valence-corrected chi connectivity index (χ3v) is 2.36. The Morgan fingerprint density at radius 2 is 2.11 bits per heavy atom. The number of rotatable bonds is 3. The number of aromatic nitrogens is 1. The van der Waals surface area contributed by atoms with E-state index >= 15 is 0 Å². The van der Waals surface area contributed by atoms with Crippen molar-refractivity contribution in [3.05, 3.63) is 52.2 Å². The zero-order valence-electron chi connectivity index (χ0n) is 9.66. The number of pyridine rings is 1. The van der Waals surface area contributed by atoms with Crippen molar-refractivity contribution >= 4 is 11.4 Å². The van der Waals surface area contributed by atoms with Crippen molar-refractivity contribution in [2.75, 3.05) is 5.73 Å². The van der Waals surface area contributed by atoms with Crippen LogP contribution < -0.4 is 10.5 Å². The third-order valence-electron chi connectivity index (χ3n) is 2.36. The van der Waals surface area contributed by atoms with Gasteiger partial charge in [-0.25, -0.2) is 4.98 Å². The lowest BCUT2D eigenvalue weighted by molar-refractivity contribution is -0.386. The number of ether oxygens (including phenoxy) is 1. The van der Waals surface area contributed by atoms with Gasteiger partial charge in [0.05, 0.1) is 16.8 Å². The fourth-order valence-electron chi connectivity index (χ4n) is 1.51. The summed E-state index contributed by atoms with van der Waals surface area (Å²) in [7, 11) is 0. The second kappa shape index (κ2) is 4.70. The predicted molar refractivity (Wildman–Crippen MR) is 66.6 cm³/mol. The molecule has 2 N–H and O–H groups in total. The van der Waals surface area contributed by atoms with Crippen LogP contribution in [0.5, 0.6) is 11.6 Å². The summed E-state index contributed by atoms with van der Waals surface area (Å²) in [6.45, 7) is 1.65. The molecule has 0 bridgehead atoms. The molecule has 18 heavy (non-hydrogen) atoms. The van der Waals surface area contributed by atoms with Crippen LogP contribution in [0.25, 0.3) is 0 Å². The molecule has 0 saturated heterocycles. The molecule has 1 aromatic carbocycles. The van der Waals surface area contributed by atoms with E-state index in [0.29, 0.717) is 11.3 Å². The highest BCUT2D eigenvalue weighted by Crippen LogP contribution is 2.33. The number of nitrogens with zero attached hydrogens (tertiary/aromatic N) is 2. The first-order chi connectivity index (χ1) is 8.58. The molecule has 2 aromatic rings. The Morgan fingerprint density at radius 3 is 2.72 bits per heavy atom. The minimum Gasteiger partial charge on any atom is -0.432 e. The predicted octanol–water partition coefficient (Wildman–Crippen LogP) is 2.67. The summed E-state index contributed by atoms with van der Waals surface area (Å²) in [6, 6.07) is 8.05. The number of hydrogen-bond acceptors (Lipinski definition) is 5. The van der Waals surface area contributed by atoms with Crippen LogP contribution in [-0.2, 0) is 0 Å². The van der Waals surface area contributed by atoms with Crippen molar-refractivity contribution in [3.63, 3.8) is 0 Å². The summed E-state index contributed by atoms with van der Waals surface area (Å²) in [5, 5.41) is 11.0. The largest absolute Gasteiger partial charge is 0.432 e. The van der Waals surface area contributed by atoms with E-state index in [2.05, 4.69) is 4.98 Å². The number of para-hydroxylation sites is 1. The molecule has 0 saturated carbocycles. The van der Waals surface area contributed by atoms with Gasteiger partial charge in [0, 0.05) is 11.6 Å². The molecular weight excluding hydrogens is 234 g/mol. The van der Waals surface area contributed by atoms with Crippen LogP contribution in [-0.4, -0.2) is 9.91 Å². The van der Waals surface area contributed by atoms with Gasteiger partial charge < -0.3 is 10.5 Å². The van der Waals surface area contributed by atoms with Crippen LogP contribution >= 0.6 is 0 Å². The average Bonchev–Trinajstić information content (AvgIpc) is 2.32. The molecule has 0 amide bonds. The standard InChI is InChI=1S/C12H11N3O3/c1-8-3-2-4-10(12(8)15(16)17)18-11-6-5-9(13)7-14-11/h2-7H,13H2,1H3. The van der Waals surface area contributed by atoms with E-state index in [1.807, 2.05) is 0 Å². The highest BCUT2D eigenvalue weighted by molar-refractivity contribution is 5.53. The number of nitro benzene ring substituents is 1. The second-order valence-corrected chi connectivity index (χ2v) is 3.71. The molecule has 1 heterocycles. The maximum Gasteiger partial charge on any atom is 0.314 e. The van der Waals surface area contributed by atoms with Crippen molar-refractivity contribution in [1.82, 2.24) is 4.98 Å². The lowest BCUT2D eigenvalue weighted by Gasteiger charge is -2.06. The highest BCUT2D eigenvalue weighted by atomic mass is 16.6. The van der Waals surface area contributed by atoms with Crippen molar-refractivity contribution in [2.45, 2.75) is 6.92 Å². The normalized spacial score (nSPS) is 10.1. The van der Waals surface area contributed by atoms with Crippen molar-refractivity contribution in [3.8, 4) is 11.6 Å². The van der Waals surface area contributed by atoms with Gasteiger partial charge in [-0.3, -0.25) is 10.1 Å². The number of benzene rings is 1. The van der Waals surface area contributed by atoms with Crippen LogP contribution in [0.2, 0.25) is 0 Å². The molecule has 6 heteroatoms. The number of nitrogen functional groups attached to an aromatic ring is 1. The Labute approximate surface area is 103 Å². The molecule has 1 aromatic heterocycles. The summed E-state index contributed by atoms with van der Waals surface area (Å²) in [5.74, 6) is 0.426. The van der Waals surface area contributed by atoms with Crippen LogP contribution in [0.3, 0.4) is 0 Å². The minimum absolute atomic E-state index is 0.0591. The van der Waals surface area contributed by atoms with Gasteiger partial charge in [-0.1, -0.05) is 12.1 Å². The lowest BCUT2D eigenvalue weighted by Crippen LogP contribution is -1.97. The molecule has 0 spiro atoms. The van der Waals surface area contributed by atoms with Gasteiger partial charge in [-0.05, 0) is 19.1 Å². The molecule has 6 nitrogen and oxygen atoms in total. The second-order valence-electron chi connectivity index (χ2n) is 3.71. The number of hydrogen-bond donors (Lipinski definition) is 1. The van der Waals surface area contributed by atoms with Crippen LogP contribution in [0.15, 0.2) is 36.5 Å². The molecule has 0 unspecified atom stereocenters. The minimum atomic E-state index is -0.470. The van der Waals surface area contributed by atoms with Crippen LogP contribution in [0.1, 0.15) is 5.56 Å². The number of aryl methyl sites for hydroxylation is 1. The van der Waals surface area contributed by atoms with Gasteiger partial charge >= 0.3 is 5.69 Å². The van der Waals surface area contributed by atoms with Gasteiger partial charge in [0.25, 0.3) is 0 Å². The van der Waals surface area contributed by atoms with E-state index in [4.69, 9.17) is 10.5 Å². The fraction of sp³-hybridized carbons (Fsp3) is 0.0833. The first kappa shape index (κ1) is 11.8. The smallest absolute Gasteiger partial charge is 0.314 e. The molecule has 92 valence electrons. The Kier molecular flexibility index (Phi) is 3.09. The summed E-state index contributed by atoms with van der Waals surface area (Å²) in [6.07, 6.45) is 1.43. The van der Waals surface area contributed by atoms with E-state index in [9.17, 15) is 10.1 Å². The first-order valence-electron chi connectivity index (χ1n) is 5.21. The molecule has 0 aliphatic rings. The Morgan fingerprint density at radius 1 is 1.33 bits per heavy atom. The van der Waals surface area contributed by atoms with E-state index in [-0.39, 0.29) is 17.3 Å². The van der Waals surface area contributed by atoms with E-state index < -0.39 is 4.92 Å². The van der Waals surface area contributed by atoms with Crippen molar-refractivity contribution in [2.24, 2.45) is 0 Å². The maximum atomic E-state index is 11.0. The monoisotopic (exact) mass is 245 g/mol. The quantitative estimate of drug-likeness (QED) is 0.663. The molecule has 2 rings (SSSR count). The van der Waals surface area contributed by atoms with E-state index in [0.717, 1.165) is 0 Å². The van der Waals surface area contributed by atoms with Crippen molar-refractivity contribution in [1.29, 1.82) is 0 Å². The molecular formula is C12H11N3O3. The van der Waals surface area contributed by atoms with Gasteiger partial charge in [-0.15, -0.1) is 0 Å². The van der Waals surface area contributed by atoms with Crippen LogP contribution in [0, 0.1) is 17.0 Å². The summed E-state index contributed by atoms with van der Waals surface area (Å²) in [5.41, 5.74) is 6.47. The fourth-order valence-corrected chi connectivity index (χ4v) is 1.51. The molecule has 0 atom stereocenters. The Balaban J connectivity index is 2.37. The molecule has 0 aliphatic heterocycles. The topological polar surface area (TPSA) is 91.3 Å². The number of nitrogens with two attached hydrogens (primary N) is 1. The van der Waals surface area contributed by atoms with Gasteiger partial charge in [-0.2, -0.15) is 0 Å². The summed E-state index contributed by atoms with van der Waals surface area (Å²) < 4.78 is 5.40. The Bertz CT molecular complexity index is 582. The molecule has 0 radical (unpaired) electrons. The lowest BCUT2D eigenvalue weighted by atomic mass is 10.2. The van der Waals surface area contributed by atoms with Gasteiger partial charge in [0.2, 0.25) is 11.6 Å². The molecule has 0 fully saturated rings. The highest BCUT2D eigenvalue weighted by Gasteiger charge is 2.18. The number of anilines is 1. The zero-order chi connectivity index (χ0) is 13.1. The van der Waals surface area contributed by atoms with Gasteiger partial charge in [0.15, 0.2) is 0 Å². The van der Waals surface area contributed by atoms with E-state index in [1.54, 1.807) is 31.2 Å². The van der Waals surface area contributed by atoms with E-state index in [1.165, 1.54) is 12.3 Å². The third kappa shape index (κ3) is 2.37. The maximum absolute atomic E-state index is 11.0. The average molecular weight is 245 g/mol. The number of nitro groups is 1. The Hall–Kier alpha value is -2.63. The first-order valence-corrected chi connectivity index (χ1v) is 5.21. The molecule has 0 aliphatic carbocycles. The zero-order valence-corrected chi connectivity index (χ0v) is 9.66.